The first-order valence-electron chi connectivity index (χ1n) is 8.81. The molecular weight excluding hydrogens is 425 g/mol. The number of oxazole rings is 1. The van der Waals surface area contributed by atoms with Gasteiger partial charge in [-0.05, 0) is 48.0 Å². The van der Waals surface area contributed by atoms with Crippen molar-refractivity contribution in [1.82, 2.24) is 4.98 Å². The van der Waals surface area contributed by atoms with Crippen LogP contribution in [0.15, 0.2) is 76.1 Å². The van der Waals surface area contributed by atoms with Crippen LogP contribution in [0.25, 0.3) is 28.6 Å². The van der Waals surface area contributed by atoms with E-state index in [-0.39, 0.29) is 5.69 Å². The van der Waals surface area contributed by atoms with Gasteiger partial charge in [0.15, 0.2) is 5.58 Å². The van der Waals surface area contributed by atoms with Gasteiger partial charge in [-0.15, -0.1) is 0 Å². The quantitative estimate of drug-likeness (QED) is 0.189. The fraction of sp³-hybridized carbons (Fsp3) is 0. The van der Waals surface area contributed by atoms with Crippen molar-refractivity contribution in [2.45, 2.75) is 0 Å². The standard InChI is InChI=1S/C22H13Cl2N3O3/c23-15-6-8-18(19(24)12-15)22-26-20-13-16(7-9-21(20)30-22)25-10-2-4-14-3-1-5-17(11-14)27(28)29/h1-13H. The average molecular weight is 438 g/mol. The highest BCUT2D eigenvalue weighted by atomic mass is 35.5. The van der Waals surface area contributed by atoms with Crippen LogP contribution in [0.5, 0.6) is 0 Å². The number of nitro groups is 1. The number of aromatic nitrogens is 1. The molecule has 0 aliphatic carbocycles. The summed E-state index contributed by atoms with van der Waals surface area (Å²) in [5, 5.41) is 11.8. The molecule has 6 nitrogen and oxygen atoms in total. The van der Waals surface area contributed by atoms with Gasteiger partial charge in [-0.3, -0.25) is 15.1 Å². The van der Waals surface area contributed by atoms with Gasteiger partial charge >= 0.3 is 0 Å². The van der Waals surface area contributed by atoms with Crippen LogP contribution in [0, 0.1) is 10.1 Å². The number of fused-ring (bicyclic) bond motifs is 1. The summed E-state index contributed by atoms with van der Waals surface area (Å²) in [5.41, 5.74) is 3.36. The monoisotopic (exact) mass is 437 g/mol. The number of hydrogen-bond acceptors (Lipinski definition) is 5. The molecule has 8 heteroatoms. The Morgan fingerprint density at radius 3 is 2.73 bits per heavy atom. The van der Waals surface area contributed by atoms with Crippen LogP contribution in [0.1, 0.15) is 5.56 Å². The number of non-ortho nitro benzene ring substituents is 1. The number of nitrogens with zero attached hydrogens (tertiary/aromatic N) is 3. The minimum absolute atomic E-state index is 0.0437. The van der Waals surface area contributed by atoms with Crippen LogP contribution in [-0.4, -0.2) is 16.1 Å². The molecule has 0 radical (unpaired) electrons. The average Bonchev–Trinajstić information content (AvgIpc) is 3.14. The molecule has 0 fully saturated rings. The lowest BCUT2D eigenvalue weighted by Crippen LogP contribution is -1.87. The Bertz CT molecular complexity index is 1310. The van der Waals surface area contributed by atoms with Gasteiger partial charge in [-0.2, -0.15) is 0 Å². The summed E-state index contributed by atoms with van der Waals surface area (Å²) in [6.07, 6.45) is 5.06. The Kier molecular flexibility index (Phi) is 5.61. The van der Waals surface area contributed by atoms with Gasteiger partial charge < -0.3 is 4.42 Å². The third kappa shape index (κ3) is 4.40. The van der Waals surface area contributed by atoms with Gasteiger partial charge in [0.05, 0.1) is 21.2 Å². The Morgan fingerprint density at radius 2 is 1.93 bits per heavy atom. The molecule has 4 aromatic rings. The number of aliphatic imine (C=N–C) groups is 1. The van der Waals surface area contributed by atoms with Crippen molar-refractivity contribution < 1.29 is 9.34 Å². The van der Waals surface area contributed by atoms with E-state index in [0.717, 1.165) is 0 Å². The predicted molar refractivity (Wildman–Crippen MR) is 120 cm³/mol. The van der Waals surface area contributed by atoms with Crippen LogP contribution in [-0.2, 0) is 0 Å². The Morgan fingerprint density at radius 1 is 1.07 bits per heavy atom. The molecular formula is C22H13Cl2N3O3. The number of benzene rings is 3. The highest BCUT2D eigenvalue weighted by Crippen LogP contribution is 2.32. The van der Waals surface area contributed by atoms with Gasteiger partial charge in [0.1, 0.15) is 5.52 Å². The fourth-order valence-corrected chi connectivity index (χ4v) is 3.29. The van der Waals surface area contributed by atoms with Crippen molar-refractivity contribution in [2.24, 2.45) is 4.99 Å². The lowest BCUT2D eigenvalue weighted by molar-refractivity contribution is -0.384. The summed E-state index contributed by atoms with van der Waals surface area (Å²) in [6.45, 7) is 0. The van der Waals surface area contributed by atoms with Gasteiger partial charge in [-0.25, -0.2) is 4.98 Å². The lowest BCUT2D eigenvalue weighted by atomic mass is 10.2. The van der Waals surface area contributed by atoms with E-state index < -0.39 is 4.92 Å². The summed E-state index contributed by atoms with van der Waals surface area (Å²) < 4.78 is 5.78. The summed E-state index contributed by atoms with van der Waals surface area (Å²) in [5.74, 6) is 0.401. The smallest absolute Gasteiger partial charge is 0.270 e. The van der Waals surface area contributed by atoms with Gasteiger partial charge in [-0.1, -0.05) is 41.4 Å². The summed E-state index contributed by atoms with van der Waals surface area (Å²) in [7, 11) is 0. The van der Waals surface area contributed by atoms with Crippen LogP contribution in [0.2, 0.25) is 10.0 Å². The summed E-state index contributed by atoms with van der Waals surface area (Å²) in [6, 6.07) is 16.9. The minimum atomic E-state index is -0.427. The zero-order chi connectivity index (χ0) is 21.1. The van der Waals surface area contributed by atoms with Gasteiger partial charge in [0, 0.05) is 23.4 Å². The molecule has 0 bridgehead atoms. The number of halogens is 2. The van der Waals surface area contributed by atoms with Crippen molar-refractivity contribution in [3.8, 4) is 11.5 Å². The molecule has 1 aromatic heterocycles. The highest BCUT2D eigenvalue weighted by Gasteiger charge is 2.12. The number of hydrogen-bond donors (Lipinski definition) is 0. The molecule has 1 heterocycles. The zero-order valence-corrected chi connectivity index (χ0v) is 16.8. The van der Waals surface area contributed by atoms with Gasteiger partial charge in [0.25, 0.3) is 5.69 Å². The van der Waals surface area contributed by atoms with Crippen LogP contribution < -0.4 is 0 Å². The van der Waals surface area contributed by atoms with E-state index in [4.69, 9.17) is 27.6 Å². The van der Waals surface area contributed by atoms with E-state index in [1.807, 2.05) is 0 Å². The number of allylic oxidation sites excluding steroid dienone is 1. The first-order chi connectivity index (χ1) is 14.5. The second kappa shape index (κ2) is 8.49. The fourth-order valence-electron chi connectivity index (χ4n) is 2.80. The Balaban J connectivity index is 1.54. The zero-order valence-electron chi connectivity index (χ0n) is 15.3. The Hall–Kier alpha value is -3.48. The van der Waals surface area contributed by atoms with E-state index in [0.29, 0.717) is 43.9 Å². The van der Waals surface area contributed by atoms with Crippen LogP contribution in [0.3, 0.4) is 0 Å². The van der Waals surface area contributed by atoms with Crippen molar-refractivity contribution in [1.29, 1.82) is 0 Å². The maximum Gasteiger partial charge on any atom is 0.270 e. The predicted octanol–water partition coefficient (Wildman–Crippen LogP) is 7.13. The third-order valence-corrected chi connectivity index (χ3v) is 4.76. The molecule has 0 saturated heterocycles. The van der Waals surface area contributed by atoms with Crippen molar-refractivity contribution in [3.05, 3.63) is 92.5 Å². The molecule has 0 spiro atoms. The molecule has 0 N–H and O–H groups in total. The third-order valence-electron chi connectivity index (χ3n) is 4.21. The summed E-state index contributed by atoms with van der Waals surface area (Å²) in [4.78, 5) is 19.3. The van der Waals surface area contributed by atoms with E-state index in [9.17, 15) is 10.1 Å². The maximum absolute atomic E-state index is 10.8. The van der Waals surface area contributed by atoms with Gasteiger partial charge in [0.2, 0.25) is 5.89 Å². The molecule has 30 heavy (non-hydrogen) atoms. The minimum Gasteiger partial charge on any atom is -0.436 e. The molecule has 148 valence electrons. The van der Waals surface area contributed by atoms with Crippen LogP contribution in [0.4, 0.5) is 11.4 Å². The van der Waals surface area contributed by atoms with E-state index in [1.54, 1.807) is 66.9 Å². The molecule has 0 aliphatic rings. The second-order valence-electron chi connectivity index (χ2n) is 6.28. The molecule has 0 aliphatic heterocycles. The van der Waals surface area contributed by atoms with E-state index in [1.165, 1.54) is 12.1 Å². The van der Waals surface area contributed by atoms with Crippen molar-refractivity contribution >= 4 is 58.0 Å². The number of nitro benzene ring substituents is 1. The normalized spacial score (nSPS) is 11.7. The topological polar surface area (TPSA) is 81.5 Å². The molecule has 0 saturated carbocycles. The van der Waals surface area contributed by atoms with Crippen molar-refractivity contribution in [3.63, 3.8) is 0 Å². The SMILES string of the molecule is O=[N+]([O-])c1cccc(C=CC=Nc2ccc3oc(-c4ccc(Cl)cc4Cl)nc3c2)c1. The maximum atomic E-state index is 10.8. The molecule has 4 rings (SSSR count). The first kappa shape index (κ1) is 19.8. The summed E-state index contributed by atoms with van der Waals surface area (Å²) >= 11 is 12.2. The van der Waals surface area contributed by atoms with Crippen molar-refractivity contribution in [2.75, 3.05) is 0 Å². The van der Waals surface area contributed by atoms with E-state index in [2.05, 4.69) is 9.98 Å². The van der Waals surface area contributed by atoms with E-state index >= 15 is 0 Å². The lowest BCUT2D eigenvalue weighted by Gasteiger charge is -1.98. The highest BCUT2D eigenvalue weighted by molar-refractivity contribution is 6.36. The number of rotatable bonds is 5. The first-order valence-corrected chi connectivity index (χ1v) is 9.56. The molecule has 0 amide bonds. The molecule has 0 unspecified atom stereocenters. The molecule has 0 atom stereocenters. The molecule has 3 aromatic carbocycles. The largest absolute Gasteiger partial charge is 0.436 e. The Labute approximate surface area is 181 Å². The van der Waals surface area contributed by atoms with Crippen LogP contribution >= 0.6 is 23.2 Å². The second-order valence-corrected chi connectivity index (χ2v) is 7.13.